The number of H-pyrrole nitrogens is 1. The number of aromatic amines is 1. The molecule has 1 aromatic carbocycles. The first kappa shape index (κ1) is 15.6. The molecule has 2 aromatic heterocycles. The molecule has 2 heterocycles. The molecule has 0 aliphatic heterocycles. The zero-order valence-corrected chi connectivity index (χ0v) is 12.9. The van der Waals surface area contributed by atoms with Crippen molar-refractivity contribution in [2.24, 2.45) is 0 Å². The molecule has 0 bridgehead atoms. The van der Waals surface area contributed by atoms with Crippen LogP contribution in [0.2, 0.25) is 0 Å². The Morgan fingerprint density at radius 3 is 2.88 bits per heavy atom. The van der Waals surface area contributed by atoms with Gasteiger partial charge in [-0.1, -0.05) is 18.2 Å². The molecule has 7 nitrogen and oxygen atoms in total. The number of anilines is 1. The summed E-state index contributed by atoms with van der Waals surface area (Å²) in [4.78, 5) is 8.28. The Hall–Kier alpha value is -3.29. The summed E-state index contributed by atoms with van der Waals surface area (Å²) in [6.07, 6.45) is 1.60. The molecule has 0 radical (unpaired) electrons. The van der Waals surface area contributed by atoms with Crippen LogP contribution in [0.3, 0.4) is 0 Å². The van der Waals surface area contributed by atoms with E-state index in [0.29, 0.717) is 16.9 Å². The van der Waals surface area contributed by atoms with Gasteiger partial charge in [0.05, 0.1) is 7.11 Å². The summed E-state index contributed by atoms with van der Waals surface area (Å²) < 4.78 is 18.6. The molecular weight excluding hydrogens is 311 g/mol. The maximum Gasteiger partial charge on any atom is 0.335 e. The van der Waals surface area contributed by atoms with Crippen molar-refractivity contribution in [1.82, 2.24) is 20.2 Å². The van der Waals surface area contributed by atoms with Crippen molar-refractivity contribution in [2.75, 3.05) is 12.4 Å². The van der Waals surface area contributed by atoms with E-state index in [1.165, 1.54) is 13.2 Å². The highest BCUT2D eigenvalue weighted by Gasteiger charge is 2.15. The molecule has 3 N–H and O–H groups in total. The van der Waals surface area contributed by atoms with E-state index in [1.807, 2.05) is 0 Å². The van der Waals surface area contributed by atoms with Crippen LogP contribution in [0.5, 0.6) is 6.01 Å². The number of nitrogens with one attached hydrogen (secondary N) is 3. The minimum absolute atomic E-state index is 0.106. The van der Waals surface area contributed by atoms with Gasteiger partial charge < -0.3 is 10.1 Å². The minimum atomic E-state index is -0.294. The van der Waals surface area contributed by atoms with Gasteiger partial charge in [-0.05, 0) is 18.2 Å². The van der Waals surface area contributed by atoms with Crippen molar-refractivity contribution < 1.29 is 9.13 Å². The Kier molecular flexibility index (Phi) is 4.46. The Morgan fingerprint density at radius 1 is 1.29 bits per heavy atom. The van der Waals surface area contributed by atoms with E-state index >= 15 is 0 Å². The average molecular weight is 326 g/mol. The number of halogens is 1. The van der Waals surface area contributed by atoms with E-state index in [-0.39, 0.29) is 29.9 Å². The maximum atomic E-state index is 13.7. The number of hydrogen-bond acceptors (Lipinski definition) is 6. The summed E-state index contributed by atoms with van der Waals surface area (Å²) in [5.41, 5.74) is 1.14. The van der Waals surface area contributed by atoms with Crippen LogP contribution in [0.15, 0.2) is 42.6 Å². The van der Waals surface area contributed by atoms with Crippen LogP contribution in [0, 0.1) is 11.2 Å². The monoisotopic (exact) mass is 326 g/mol. The molecule has 3 aromatic rings. The number of hydrogen-bond donors (Lipinski definition) is 3. The molecule has 0 saturated heterocycles. The van der Waals surface area contributed by atoms with E-state index in [0.717, 1.165) is 0 Å². The second-order valence-corrected chi connectivity index (χ2v) is 4.89. The molecule has 122 valence electrons. The lowest BCUT2D eigenvalue weighted by Gasteiger charge is -2.11. The smallest absolute Gasteiger partial charge is 0.335 e. The van der Waals surface area contributed by atoms with E-state index in [4.69, 9.17) is 10.1 Å². The number of ether oxygens (including phenoxy) is 1. The van der Waals surface area contributed by atoms with Crippen molar-refractivity contribution in [3.63, 3.8) is 0 Å². The summed E-state index contributed by atoms with van der Waals surface area (Å²) in [5.74, 6) is 0.424. The van der Waals surface area contributed by atoms with Crippen molar-refractivity contribution >= 4 is 11.5 Å². The predicted octanol–water partition coefficient (Wildman–Crippen LogP) is 2.38. The van der Waals surface area contributed by atoms with E-state index < -0.39 is 0 Å². The van der Waals surface area contributed by atoms with Crippen LogP contribution in [0.1, 0.15) is 17.0 Å². The summed E-state index contributed by atoms with van der Waals surface area (Å²) in [7, 11) is 1.45. The van der Waals surface area contributed by atoms with E-state index in [1.54, 1.807) is 36.5 Å². The summed E-state index contributed by atoms with van der Waals surface area (Å²) in [6.45, 7) is 0.254. The van der Waals surface area contributed by atoms with Crippen molar-refractivity contribution in [1.29, 1.82) is 5.41 Å². The Balaban J connectivity index is 1.82. The molecule has 3 rings (SSSR count). The van der Waals surface area contributed by atoms with Gasteiger partial charge in [0.2, 0.25) is 0 Å². The number of aromatic nitrogens is 4. The molecule has 8 heteroatoms. The summed E-state index contributed by atoms with van der Waals surface area (Å²) in [6, 6.07) is 10.1. The topological polar surface area (TPSA) is 99.6 Å². The quantitative estimate of drug-likeness (QED) is 0.604. The van der Waals surface area contributed by atoms with E-state index in [2.05, 4.69) is 25.5 Å². The molecule has 0 amide bonds. The van der Waals surface area contributed by atoms with Crippen molar-refractivity contribution in [3.8, 4) is 6.01 Å². The van der Waals surface area contributed by atoms with Crippen molar-refractivity contribution in [2.45, 2.75) is 6.54 Å². The highest BCUT2D eigenvalue weighted by atomic mass is 19.1. The number of benzene rings is 1. The first-order chi connectivity index (χ1) is 11.7. The minimum Gasteiger partial charge on any atom is -0.466 e. The Labute approximate surface area is 137 Å². The summed E-state index contributed by atoms with van der Waals surface area (Å²) in [5, 5.41) is 17.8. The van der Waals surface area contributed by atoms with Gasteiger partial charge in [0.15, 0.2) is 5.82 Å². The molecule has 0 unspecified atom stereocenters. The zero-order valence-electron chi connectivity index (χ0n) is 12.9. The predicted molar refractivity (Wildman–Crippen MR) is 86.8 cm³/mol. The molecule has 0 aliphatic rings. The van der Waals surface area contributed by atoms with Crippen LogP contribution in [0.25, 0.3) is 0 Å². The summed E-state index contributed by atoms with van der Waals surface area (Å²) >= 11 is 0. The Morgan fingerprint density at radius 2 is 2.12 bits per heavy atom. The molecule has 0 aliphatic carbocycles. The zero-order chi connectivity index (χ0) is 16.9. The van der Waals surface area contributed by atoms with Gasteiger partial charge in [0, 0.05) is 23.9 Å². The molecule has 0 saturated carbocycles. The van der Waals surface area contributed by atoms with Crippen LogP contribution < -0.4 is 10.1 Å². The SMILES string of the molecule is COc1n[nH]c(C(=N)c2cccnc2NCc2ccccc2F)n1. The third-order valence-corrected chi connectivity index (χ3v) is 3.37. The largest absolute Gasteiger partial charge is 0.466 e. The fourth-order valence-electron chi connectivity index (χ4n) is 2.15. The maximum absolute atomic E-state index is 13.7. The highest BCUT2D eigenvalue weighted by Crippen LogP contribution is 2.17. The van der Waals surface area contributed by atoms with Gasteiger partial charge in [0.1, 0.15) is 17.3 Å². The normalized spacial score (nSPS) is 10.4. The van der Waals surface area contributed by atoms with Crippen LogP contribution in [0.4, 0.5) is 10.2 Å². The van der Waals surface area contributed by atoms with Crippen molar-refractivity contribution in [3.05, 3.63) is 65.4 Å². The first-order valence-corrected chi connectivity index (χ1v) is 7.17. The lowest BCUT2D eigenvalue weighted by Crippen LogP contribution is -2.11. The van der Waals surface area contributed by atoms with Gasteiger partial charge in [-0.2, -0.15) is 4.98 Å². The lowest BCUT2D eigenvalue weighted by atomic mass is 10.1. The third kappa shape index (κ3) is 3.22. The highest BCUT2D eigenvalue weighted by molar-refractivity contribution is 6.11. The molecule has 24 heavy (non-hydrogen) atoms. The molecule has 0 fully saturated rings. The van der Waals surface area contributed by atoms with Gasteiger partial charge in [-0.15, -0.1) is 5.10 Å². The number of nitrogens with zero attached hydrogens (tertiary/aromatic N) is 3. The van der Waals surface area contributed by atoms with Gasteiger partial charge >= 0.3 is 6.01 Å². The Bertz CT molecular complexity index is 863. The third-order valence-electron chi connectivity index (χ3n) is 3.37. The second kappa shape index (κ2) is 6.86. The van der Waals surface area contributed by atoms with E-state index in [9.17, 15) is 4.39 Å². The lowest BCUT2D eigenvalue weighted by molar-refractivity contribution is 0.381. The van der Waals surface area contributed by atoms with Gasteiger partial charge in [-0.3, -0.25) is 10.5 Å². The first-order valence-electron chi connectivity index (χ1n) is 7.17. The molecule has 0 atom stereocenters. The van der Waals surface area contributed by atoms with Gasteiger partial charge in [0.25, 0.3) is 0 Å². The van der Waals surface area contributed by atoms with Gasteiger partial charge in [-0.25, -0.2) is 9.37 Å². The molecule has 0 spiro atoms. The molecular formula is C16H15FN6O. The van der Waals surface area contributed by atoms with Crippen LogP contribution in [-0.4, -0.2) is 33.0 Å². The number of pyridine rings is 1. The fraction of sp³-hybridized carbons (Fsp3) is 0.125. The second-order valence-electron chi connectivity index (χ2n) is 4.89. The fourth-order valence-corrected chi connectivity index (χ4v) is 2.15. The van der Waals surface area contributed by atoms with Crippen LogP contribution in [-0.2, 0) is 6.54 Å². The number of methoxy groups -OCH3 is 1. The average Bonchev–Trinajstić information content (AvgIpc) is 3.10. The standard InChI is InChI=1S/C16H15FN6O/c1-24-16-21-15(22-23-16)13(18)11-6-4-8-19-14(11)20-9-10-5-2-3-7-12(10)17/h2-8,18H,9H2,1H3,(H,19,20)(H,21,22,23). The van der Waals surface area contributed by atoms with Crippen LogP contribution >= 0.6 is 0 Å². The number of rotatable bonds is 6.